The molecule has 0 aromatic carbocycles. The number of carbonyl (C=O) groups is 1. The first-order valence-corrected chi connectivity index (χ1v) is 5.50. The summed E-state index contributed by atoms with van der Waals surface area (Å²) in [5.74, 6) is -0.265. The molecular formula is C11H23NO2. The molecule has 0 fully saturated rings. The van der Waals surface area contributed by atoms with Gasteiger partial charge in [-0.2, -0.15) is 0 Å². The Labute approximate surface area is 87.0 Å². The maximum absolute atomic E-state index is 11.4. The lowest BCUT2D eigenvalue weighted by Crippen LogP contribution is -2.36. The Bertz CT molecular complexity index is 159. The van der Waals surface area contributed by atoms with Gasteiger partial charge in [-0.3, -0.25) is 4.79 Å². The molecule has 0 rings (SSSR count). The molecular weight excluding hydrogens is 178 g/mol. The maximum atomic E-state index is 11.4. The van der Waals surface area contributed by atoms with Crippen molar-refractivity contribution in [2.75, 3.05) is 7.11 Å². The Morgan fingerprint density at radius 1 is 1.29 bits per heavy atom. The average molecular weight is 201 g/mol. The third-order valence-electron chi connectivity index (χ3n) is 2.51. The van der Waals surface area contributed by atoms with Gasteiger partial charge in [-0.25, -0.2) is 0 Å². The molecule has 0 aliphatic heterocycles. The number of hydrogen-bond acceptors (Lipinski definition) is 3. The van der Waals surface area contributed by atoms with Crippen LogP contribution in [0.4, 0.5) is 0 Å². The van der Waals surface area contributed by atoms with Crippen molar-refractivity contribution in [3.63, 3.8) is 0 Å². The normalized spacial score (nSPS) is 14.9. The molecule has 0 saturated heterocycles. The van der Waals surface area contributed by atoms with E-state index < -0.39 is 0 Å². The van der Waals surface area contributed by atoms with Crippen LogP contribution in [0.1, 0.15) is 46.0 Å². The molecule has 3 nitrogen and oxygen atoms in total. The van der Waals surface area contributed by atoms with Gasteiger partial charge in [0.2, 0.25) is 0 Å². The van der Waals surface area contributed by atoms with Crippen LogP contribution in [0.15, 0.2) is 0 Å². The molecule has 0 radical (unpaired) electrons. The highest BCUT2D eigenvalue weighted by atomic mass is 16.5. The largest absolute Gasteiger partial charge is 0.469 e. The van der Waals surface area contributed by atoms with E-state index >= 15 is 0 Å². The molecule has 2 N–H and O–H groups in total. The van der Waals surface area contributed by atoms with Crippen LogP contribution in [-0.2, 0) is 9.53 Å². The van der Waals surface area contributed by atoms with Gasteiger partial charge in [0, 0.05) is 6.04 Å². The number of unbranched alkanes of at least 4 members (excludes halogenated alkanes) is 1. The summed E-state index contributed by atoms with van der Waals surface area (Å²) in [4.78, 5) is 11.4. The predicted molar refractivity (Wildman–Crippen MR) is 57.9 cm³/mol. The van der Waals surface area contributed by atoms with Gasteiger partial charge in [0.05, 0.1) is 13.0 Å². The average Bonchev–Trinajstić information content (AvgIpc) is 2.18. The van der Waals surface area contributed by atoms with Crippen LogP contribution < -0.4 is 5.73 Å². The smallest absolute Gasteiger partial charge is 0.310 e. The number of hydrogen-bond donors (Lipinski definition) is 1. The van der Waals surface area contributed by atoms with E-state index in [1.54, 1.807) is 0 Å². The first kappa shape index (κ1) is 13.4. The number of nitrogens with two attached hydrogens (primary N) is 1. The molecule has 0 aromatic heterocycles. The summed E-state index contributed by atoms with van der Waals surface area (Å²) in [6.07, 6.45) is 4.89. The minimum atomic E-state index is -0.153. The molecule has 0 aliphatic rings. The molecule has 0 spiro atoms. The molecule has 0 heterocycles. The van der Waals surface area contributed by atoms with Gasteiger partial charge in [0.1, 0.15) is 0 Å². The van der Waals surface area contributed by atoms with Crippen molar-refractivity contribution in [3.05, 3.63) is 0 Å². The fourth-order valence-corrected chi connectivity index (χ4v) is 1.62. The molecule has 0 aromatic rings. The zero-order valence-electron chi connectivity index (χ0n) is 9.58. The van der Waals surface area contributed by atoms with Crippen LogP contribution in [0, 0.1) is 5.92 Å². The fraction of sp³-hybridized carbons (Fsp3) is 0.909. The summed E-state index contributed by atoms with van der Waals surface area (Å²) in [5.41, 5.74) is 5.94. The van der Waals surface area contributed by atoms with Crippen LogP contribution in [-0.4, -0.2) is 19.1 Å². The molecule has 3 heteroatoms. The number of carbonyl (C=O) groups excluding carboxylic acids is 1. The van der Waals surface area contributed by atoms with Crippen LogP contribution in [0.5, 0.6) is 0 Å². The van der Waals surface area contributed by atoms with Crippen molar-refractivity contribution in [1.29, 1.82) is 0 Å². The maximum Gasteiger partial charge on any atom is 0.310 e. The van der Waals surface area contributed by atoms with Gasteiger partial charge in [-0.15, -0.1) is 0 Å². The summed E-state index contributed by atoms with van der Waals surface area (Å²) < 4.78 is 4.76. The Kier molecular flexibility index (Phi) is 7.48. The van der Waals surface area contributed by atoms with Crippen molar-refractivity contribution in [1.82, 2.24) is 0 Å². The number of ether oxygens (including phenoxy) is 1. The standard InChI is InChI=1S/C11H23NO2/c1-4-6-8-9(11(13)14-3)10(12)7-5-2/h9-10H,4-8,12H2,1-3H3. The van der Waals surface area contributed by atoms with Crippen LogP contribution in [0.2, 0.25) is 0 Å². The Hall–Kier alpha value is -0.570. The van der Waals surface area contributed by atoms with E-state index in [1.807, 2.05) is 0 Å². The lowest BCUT2D eigenvalue weighted by Gasteiger charge is -2.20. The van der Waals surface area contributed by atoms with Crippen LogP contribution >= 0.6 is 0 Å². The molecule has 0 saturated carbocycles. The van der Waals surface area contributed by atoms with E-state index in [-0.39, 0.29) is 17.9 Å². The SMILES string of the molecule is CCCCC(C(=O)OC)C(N)CCC. The Balaban J connectivity index is 4.14. The first-order valence-electron chi connectivity index (χ1n) is 5.50. The van der Waals surface area contributed by atoms with E-state index in [1.165, 1.54) is 7.11 Å². The number of rotatable bonds is 7. The summed E-state index contributed by atoms with van der Waals surface area (Å²) in [6.45, 7) is 4.19. The van der Waals surface area contributed by atoms with Crippen molar-refractivity contribution in [2.24, 2.45) is 11.7 Å². The number of esters is 1. The summed E-state index contributed by atoms with van der Waals surface area (Å²) in [6, 6.07) is -0.0426. The highest BCUT2D eigenvalue weighted by Gasteiger charge is 2.24. The van der Waals surface area contributed by atoms with Crippen LogP contribution in [0.25, 0.3) is 0 Å². The van der Waals surface area contributed by atoms with Gasteiger partial charge < -0.3 is 10.5 Å². The molecule has 84 valence electrons. The Morgan fingerprint density at radius 3 is 2.36 bits per heavy atom. The topological polar surface area (TPSA) is 52.3 Å². The quantitative estimate of drug-likeness (QED) is 0.642. The summed E-state index contributed by atoms with van der Waals surface area (Å²) in [7, 11) is 1.43. The van der Waals surface area contributed by atoms with Gasteiger partial charge >= 0.3 is 5.97 Å². The van der Waals surface area contributed by atoms with Crippen LogP contribution in [0.3, 0.4) is 0 Å². The molecule has 14 heavy (non-hydrogen) atoms. The van der Waals surface area contributed by atoms with Crippen molar-refractivity contribution < 1.29 is 9.53 Å². The zero-order chi connectivity index (χ0) is 11.0. The van der Waals surface area contributed by atoms with E-state index in [0.29, 0.717) is 0 Å². The van der Waals surface area contributed by atoms with Gasteiger partial charge in [-0.05, 0) is 12.8 Å². The molecule has 2 atom stereocenters. The minimum Gasteiger partial charge on any atom is -0.469 e. The third-order valence-corrected chi connectivity index (χ3v) is 2.51. The van der Waals surface area contributed by atoms with Crippen molar-refractivity contribution in [2.45, 2.75) is 52.0 Å². The predicted octanol–water partition coefficient (Wildman–Crippen LogP) is 2.09. The number of methoxy groups -OCH3 is 1. The fourth-order valence-electron chi connectivity index (χ4n) is 1.62. The summed E-state index contributed by atoms with van der Waals surface area (Å²) in [5, 5.41) is 0. The third kappa shape index (κ3) is 4.61. The van der Waals surface area contributed by atoms with Gasteiger partial charge in [-0.1, -0.05) is 33.1 Å². The van der Waals surface area contributed by atoms with E-state index in [4.69, 9.17) is 10.5 Å². The highest BCUT2D eigenvalue weighted by Crippen LogP contribution is 2.16. The van der Waals surface area contributed by atoms with E-state index in [9.17, 15) is 4.79 Å². The first-order chi connectivity index (χ1) is 6.67. The summed E-state index contributed by atoms with van der Waals surface area (Å²) >= 11 is 0. The van der Waals surface area contributed by atoms with E-state index in [0.717, 1.165) is 32.1 Å². The minimum absolute atomic E-state index is 0.0426. The lowest BCUT2D eigenvalue weighted by molar-refractivity contribution is -0.146. The molecule has 0 bridgehead atoms. The van der Waals surface area contributed by atoms with Gasteiger partial charge in [0.25, 0.3) is 0 Å². The molecule has 2 unspecified atom stereocenters. The second kappa shape index (κ2) is 7.80. The second-order valence-electron chi connectivity index (χ2n) is 3.72. The van der Waals surface area contributed by atoms with Crippen molar-refractivity contribution in [3.8, 4) is 0 Å². The zero-order valence-corrected chi connectivity index (χ0v) is 9.58. The van der Waals surface area contributed by atoms with E-state index in [2.05, 4.69) is 13.8 Å². The monoisotopic (exact) mass is 201 g/mol. The lowest BCUT2D eigenvalue weighted by atomic mass is 9.91. The second-order valence-corrected chi connectivity index (χ2v) is 3.72. The highest BCUT2D eigenvalue weighted by molar-refractivity contribution is 5.73. The molecule has 0 amide bonds. The molecule has 0 aliphatic carbocycles. The van der Waals surface area contributed by atoms with Crippen molar-refractivity contribution >= 4 is 5.97 Å². The Morgan fingerprint density at radius 2 is 1.93 bits per heavy atom. The van der Waals surface area contributed by atoms with Gasteiger partial charge in [0.15, 0.2) is 0 Å².